The monoisotopic (exact) mass is 256 g/mol. The van der Waals surface area contributed by atoms with E-state index in [9.17, 15) is 17.6 Å². The highest BCUT2D eigenvalue weighted by atomic mass is 19.1. The Morgan fingerprint density at radius 2 is 1.44 bits per heavy atom. The van der Waals surface area contributed by atoms with Gasteiger partial charge in [0.1, 0.15) is 17.3 Å². The molecular weight excluding hydrogens is 248 g/mol. The maximum absolute atomic E-state index is 13.4. The lowest BCUT2D eigenvalue weighted by atomic mass is 10.2. The number of hydrogen-bond acceptors (Lipinski definition) is 2. The van der Waals surface area contributed by atoms with Crippen molar-refractivity contribution in [2.45, 2.75) is 0 Å². The largest absolute Gasteiger partial charge is 0.399 e. The van der Waals surface area contributed by atoms with E-state index in [2.05, 4.69) is 5.32 Å². The van der Waals surface area contributed by atoms with E-state index in [1.165, 1.54) is 12.1 Å². The summed E-state index contributed by atoms with van der Waals surface area (Å²) in [7, 11) is 0. The second-order valence-electron chi connectivity index (χ2n) is 3.61. The molecule has 0 aliphatic carbocycles. The first-order chi connectivity index (χ1) is 8.47. The van der Waals surface area contributed by atoms with Gasteiger partial charge in [-0.3, -0.25) is 0 Å². The lowest BCUT2D eigenvalue weighted by Gasteiger charge is -2.10. The highest BCUT2D eigenvalue weighted by molar-refractivity contribution is 5.63. The molecule has 0 spiro atoms. The average molecular weight is 256 g/mol. The molecule has 0 radical (unpaired) electrons. The summed E-state index contributed by atoms with van der Waals surface area (Å²) in [5.74, 6) is -4.11. The third-order valence-electron chi connectivity index (χ3n) is 2.26. The van der Waals surface area contributed by atoms with Crippen LogP contribution in [0.25, 0.3) is 0 Å². The van der Waals surface area contributed by atoms with E-state index in [1.54, 1.807) is 0 Å². The first-order valence-electron chi connectivity index (χ1n) is 4.94. The second kappa shape index (κ2) is 4.56. The van der Waals surface area contributed by atoms with Crippen LogP contribution in [-0.4, -0.2) is 0 Å². The van der Waals surface area contributed by atoms with E-state index in [1.807, 2.05) is 0 Å². The van der Waals surface area contributed by atoms with Gasteiger partial charge in [-0.25, -0.2) is 17.6 Å². The number of hydrogen-bond donors (Lipinski definition) is 2. The van der Waals surface area contributed by atoms with Crippen molar-refractivity contribution in [2.24, 2.45) is 0 Å². The highest BCUT2D eigenvalue weighted by Gasteiger charge is 2.13. The van der Waals surface area contributed by atoms with Crippen molar-refractivity contribution < 1.29 is 17.6 Å². The molecule has 6 heteroatoms. The summed E-state index contributed by atoms with van der Waals surface area (Å²) in [5, 5.41) is 2.22. The number of anilines is 3. The molecule has 0 unspecified atom stereocenters. The van der Waals surface area contributed by atoms with Crippen molar-refractivity contribution in [2.75, 3.05) is 11.1 Å². The van der Waals surface area contributed by atoms with Gasteiger partial charge in [0, 0.05) is 17.8 Å². The third kappa shape index (κ3) is 2.37. The van der Waals surface area contributed by atoms with Crippen LogP contribution < -0.4 is 11.1 Å². The average Bonchev–Trinajstić information content (AvgIpc) is 2.25. The molecule has 3 N–H and O–H groups in total. The molecule has 0 amide bonds. The molecule has 0 aromatic heterocycles. The first kappa shape index (κ1) is 12.2. The van der Waals surface area contributed by atoms with E-state index >= 15 is 0 Å². The maximum atomic E-state index is 13.4. The van der Waals surface area contributed by atoms with Crippen LogP contribution in [0.3, 0.4) is 0 Å². The van der Waals surface area contributed by atoms with E-state index < -0.39 is 29.0 Å². The van der Waals surface area contributed by atoms with E-state index in [0.29, 0.717) is 12.1 Å². The summed E-state index contributed by atoms with van der Waals surface area (Å²) in [6.45, 7) is 0. The van der Waals surface area contributed by atoms with Crippen LogP contribution in [0.4, 0.5) is 34.6 Å². The minimum atomic E-state index is -1.15. The Balaban J connectivity index is 2.40. The molecule has 18 heavy (non-hydrogen) atoms. The molecule has 2 nitrogen and oxygen atoms in total. The minimum absolute atomic E-state index is 0.159. The van der Waals surface area contributed by atoms with Gasteiger partial charge in [0.25, 0.3) is 0 Å². The van der Waals surface area contributed by atoms with Crippen molar-refractivity contribution in [1.29, 1.82) is 0 Å². The summed E-state index contributed by atoms with van der Waals surface area (Å²) in [6, 6.07) is 4.60. The smallest absolute Gasteiger partial charge is 0.152 e. The summed E-state index contributed by atoms with van der Waals surface area (Å²) >= 11 is 0. The van der Waals surface area contributed by atoms with Crippen molar-refractivity contribution in [1.82, 2.24) is 0 Å². The summed E-state index contributed by atoms with van der Waals surface area (Å²) < 4.78 is 52.7. The van der Waals surface area contributed by atoms with Crippen LogP contribution in [-0.2, 0) is 0 Å². The molecule has 0 heterocycles. The van der Waals surface area contributed by atoms with Gasteiger partial charge < -0.3 is 11.1 Å². The lowest BCUT2D eigenvalue weighted by molar-refractivity contribution is 0.548. The number of halogens is 4. The van der Waals surface area contributed by atoms with Gasteiger partial charge in [0.15, 0.2) is 11.6 Å². The van der Waals surface area contributed by atoms with Crippen molar-refractivity contribution in [3.8, 4) is 0 Å². The molecule has 2 rings (SSSR count). The number of benzene rings is 2. The third-order valence-corrected chi connectivity index (χ3v) is 2.26. The Morgan fingerprint density at radius 1 is 0.833 bits per heavy atom. The number of rotatable bonds is 2. The zero-order valence-electron chi connectivity index (χ0n) is 8.98. The molecule has 2 aromatic carbocycles. The van der Waals surface area contributed by atoms with Crippen LogP contribution in [0.1, 0.15) is 0 Å². The lowest BCUT2D eigenvalue weighted by Crippen LogP contribution is -2.01. The summed E-state index contributed by atoms with van der Waals surface area (Å²) in [6.07, 6.45) is 0. The summed E-state index contributed by atoms with van der Waals surface area (Å²) in [5.41, 5.74) is 4.73. The quantitative estimate of drug-likeness (QED) is 0.636. The fourth-order valence-electron chi connectivity index (χ4n) is 1.43. The van der Waals surface area contributed by atoms with Crippen LogP contribution in [0, 0.1) is 23.3 Å². The molecule has 0 bridgehead atoms. The van der Waals surface area contributed by atoms with Gasteiger partial charge in [-0.1, -0.05) is 0 Å². The van der Waals surface area contributed by atoms with Crippen molar-refractivity contribution in [3.63, 3.8) is 0 Å². The van der Waals surface area contributed by atoms with E-state index in [4.69, 9.17) is 5.73 Å². The summed E-state index contributed by atoms with van der Waals surface area (Å²) in [4.78, 5) is 0. The molecule has 0 aliphatic heterocycles. The second-order valence-corrected chi connectivity index (χ2v) is 3.61. The Bertz CT molecular complexity index is 576. The fraction of sp³-hybridized carbons (Fsp3) is 0. The molecule has 0 saturated heterocycles. The molecule has 0 saturated carbocycles. The number of nitrogens with one attached hydrogen (secondary N) is 1. The van der Waals surface area contributed by atoms with Gasteiger partial charge >= 0.3 is 0 Å². The van der Waals surface area contributed by atoms with Crippen molar-refractivity contribution >= 4 is 17.1 Å². The molecular formula is C12H8F4N2. The molecule has 94 valence electrons. The minimum Gasteiger partial charge on any atom is -0.399 e. The SMILES string of the molecule is Nc1ccc(Nc2c(F)cc(F)cc2F)c(F)c1. The van der Waals surface area contributed by atoms with Gasteiger partial charge in [-0.05, 0) is 18.2 Å². The van der Waals surface area contributed by atoms with Crippen LogP contribution in [0.2, 0.25) is 0 Å². The highest BCUT2D eigenvalue weighted by Crippen LogP contribution is 2.26. The van der Waals surface area contributed by atoms with Gasteiger partial charge in [0.05, 0.1) is 5.69 Å². The molecule has 2 aromatic rings. The Labute approximate surface area is 100 Å². The fourth-order valence-corrected chi connectivity index (χ4v) is 1.43. The number of nitrogens with two attached hydrogens (primary N) is 1. The predicted octanol–water partition coefficient (Wildman–Crippen LogP) is 3.57. The Morgan fingerprint density at radius 3 is 2.00 bits per heavy atom. The van der Waals surface area contributed by atoms with E-state index in [-0.39, 0.29) is 11.4 Å². The zero-order valence-corrected chi connectivity index (χ0v) is 8.98. The maximum Gasteiger partial charge on any atom is 0.152 e. The Kier molecular flexibility index (Phi) is 3.10. The van der Waals surface area contributed by atoms with Crippen LogP contribution in [0.15, 0.2) is 30.3 Å². The topological polar surface area (TPSA) is 38.0 Å². The van der Waals surface area contributed by atoms with Crippen molar-refractivity contribution in [3.05, 3.63) is 53.6 Å². The zero-order chi connectivity index (χ0) is 13.3. The molecule has 0 atom stereocenters. The number of nitrogen functional groups attached to an aromatic ring is 1. The van der Waals surface area contributed by atoms with Gasteiger partial charge in [-0.2, -0.15) is 0 Å². The molecule has 0 fully saturated rings. The Hall–Kier alpha value is -2.24. The molecule has 0 aliphatic rings. The van der Waals surface area contributed by atoms with Crippen LogP contribution in [0.5, 0.6) is 0 Å². The normalized spacial score (nSPS) is 10.4. The predicted molar refractivity (Wildman–Crippen MR) is 60.4 cm³/mol. The standard InChI is InChI=1S/C12H8F4N2/c13-6-3-9(15)12(10(16)4-6)18-11-2-1-7(17)5-8(11)14/h1-5,18H,17H2. The van der Waals surface area contributed by atoms with E-state index in [0.717, 1.165) is 6.07 Å². The van der Waals surface area contributed by atoms with Gasteiger partial charge in [0.2, 0.25) is 0 Å². The van der Waals surface area contributed by atoms with Gasteiger partial charge in [-0.15, -0.1) is 0 Å². The van der Waals surface area contributed by atoms with Crippen LogP contribution >= 0.6 is 0 Å². The first-order valence-corrected chi connectivity index (χ1v) is 4.94.